The van der Waals surface area contributed by atoms with Crippen molar-refractivity contribution in [1.82, 2.24) is 15.3 Å². The first kappa shape index (κ1) is 18.2. The van der Waals surface area contributed by atoms with Gasteiger partial charge in [-0.2, -0.15) is 5.10 Å². The summed E-state index contributed by atoms with van der Waals surface area (Å²) in [5.41, 5.74) is 7.13. The van der Waals surface area contributed by atoms with E-state index >= 15 is 0 Å². The molecule has 0 bridgehead atoms. The van der Waals surface area contributed by atoms with Gasteiger partial charge in [0.2, 0.25) is 0 Å². The fourth-order valence-corrected chi connectivity index (χ4v) is 2.90. The van der Waals surface area contributed by atoms with Gasteiger partial charge in [0.05, 0.1) is 23.0 Å². The Bertz CT molecular complexity index is 950. The third kappa shape index (κ3) is 3.64. The fraction of sp³-hybridized carbons (Fsp3) is 0.200. The Kier molecular flexibility index (Phi) is 5.40. The van der Waals surface area contributed by atoms with E-state index in [4.69, 9.17) is 16.4 Å². The predicted molar refractivity (Wildman–Crippen MR) is 103 cm³/mol. The average molecular weight is 370 g/mol. The maximum Gasteiger partial charge on any atom is 0.293 e. The maximum atomic E-state index is 12.6. The molecule has 0 aliphatic heterocycles. The Hall–Kier alpha value is -2.63. The number of amides is 1. The van der Waals surface area contributed by atoms with Gasteiger partial charge in [0, 0.05) is 5.56 Å². The van der Waals surface area contributed by atoms with Crippen LogP contribution in [0.2, 0.25) is 5.02 Å². The second-order valence-electron chi connectivity index (χ2n) is 5.96. The number of hydrogen-bond donors (Lipinski definition) is 1. The van der Waals surface area contributed by atoms with Gasteiger partial charge in [-0.05, 0) is 50.1 Å². The molecule has 3 aromatic rings. The SMILES string of the molecule is CCONC(=O)c1cc(-c2ccccc2Cl)nn1-c1cc(C)ccc1C. The van der Waals surface area contributed by atoms with Gasteiger partial charge in [0.25, 0.3) is 5.91 Å². The third-order valence-corrected chi connectivity index (χ3v) is 4.32. The summed E-state index contributed by atoms with van der Waals surface area (Å²) < 4.78 is 1.63. The van der Waals surface area contributed by atoms with Gasteiger partial charge in [0.15, 0.2) is 0 Å². The molecule has 3 rings (SSSR count). The number of rotatable bonds is 5. The highest BCUT2D eigenvalue weighted by Gasteiger charge is 2.20. The van der Waals surface area contributed by atoms with E-state index in [-0.39, 0.29) is 5.91 Å². The molecule has 2 aromatic carbocycles. The summed E-state index contributed by atoms with van der Waals surface area (Å²) in [6, 6.07) is 15.2. The molecule has 134 valence electrons. The molecule has 0 radical (unpaired) electrons. The molecule has 0 aliphatic carbocycles. The summed E-state index contributed by atoms with van der Waals surface area (Å²) in [5, 5.41) is 5.24. The zero-order chi connectivity index (χ0) is 18.7. The van der Waals surface area contributed by atoms with Crippen molar-refractivity contribution >= 4 is 17.5 Å². The van der Waals surface area contributed by atoms with Crippen LogP contribution in [-0.2, 0) is 4.84 Å². The van der Waals surface area contributed by atoms with Gasteiger partial charge in [-0.3, -0.25) is 9.63 Å². The topological polar surface area (TPSA) is 56.1 Å². The van der Waals surface area contributed by atoms with Crippen molar-refractivity contribution in [2.75, 3.05) is 6.61 Å². The second kappa shape index (κ2) is 7.72. The first-order valence-corrected chi connectivity index (χ1v) is 8.73. The fourth-order valence-electron chi connectivity index (χ4n) is 2.66. The number of aryl methyl sites for hydroxylation is 2. The summed E-state index contributed by atoms with van der Waals surface area (Å²) >= 11 is 6.31. The number of carbonyl (C=O) groups is 1. The quantitative estimate of drug-likeness (QED) is 0.674. The summed E-state index contributed by atoms with van der Waals surface area (Å²) in [5.74, 6) is -0.362. The highest BCUT2D eigenvalue weighted by Crippen LogP contribution is 2.29. The van der Waals surface area contributed by atoms with Crippen LogP contribution in [0.3, 0.4) is 0 Å². The lowest BCUT2D eigenvalue weighted by atomic mass is 10.1. The number of halogens is 1. The van der Waals surface area contributed by atoms with Crippen LogP contribution in [0.4, 0.5) is 0 Å². The highest BCUT2D eigenvalue weighted by molar-refractivity contribution is 6.33. The van der Waals surface area contributed by atoms with Crippen molar-refractivity contribution in [3.8, 4) is 16.9 Å². The first-order valence-electron chi connectivity index (χ1n) is 8.36. The molecule has 0 atom stereocenters. The van der Waals surface area contributed by atoms with E-state index in [1.54, 1.807) is 23.7 Å². The van der Waals surface area contributed by atoms with Crippen molar-refractivity contribution < 1.29 is 9.63 Å². The molecule has 1 aromatic heterocycles. The number of aromatic nitrogens is 2. The second-order valence-corrected chi connectivity index (χ2v) is 6.37. The molecule has 0 fully saturated rings. The third-order valence-electron chi connectivity index (χ3n) is 3.99. The number of carbonyl (C=O) groups excluding carboxylic acids is 1. The van der Waals surface area contributed by atoms with Crippen molar-refractivity contribution in [3.63, 3.8) is 0 Å². The normalized spacial score (nSPS) is 10.8. The lowest BCUT2D eigenvalue weighted by Gasteiger charge is -2.11. The van der Waals surface area contributed by atoms with Crippen LogP contribution in [0.1, 0.15) is 28.5 Å². The molecule has 6 heteroatoms. The predicted octanol–water partition coefficient (Wildman–Crippen LogP) is 4.49. The molecule has 5 nitrogen and oxygen atoms in total. The lowest BCUT2D eigenvalue weighted by Crippen LogP contribution is -2.26. The molecule has 1 heterocycles. The van der Waals surface area contributed by atoms with Crippen LogP contribution >= 0.6 is 11.6 Å². The Morgan fingerprint density at radius 3 is 2.69 bits per heavy atom. The van der Waals surface area contributed by atoms with E-state index in [0.717, 1.165) is 22.4 Å². The van der Waals surface area contributed by atoms with Crippen LogP contribution in [0.5, 0.6) is 0 Å². The van der Waals surface area contributed by atoms with Gasteiger partial charge in [0.1, 0.15) is 5.69 Å². The average Bonchev–Trinajstić information content (AvgIpc) is 3.07. The molecule has 0 saturated heterocycles. The monoisotopic (exact) mass is 369 g/mol. The summed E-state index contributed by atoms with van der Waals surface area (Å²) in [7, 11) is 0. The molecular formula is C20H20ClN3O2. The summed E-state index contributed by atoms with van der Waals surface area (Å²) in [4.78, 5) is 17.7. The number of hydroxylamine groups is 1. The molecule has 0 saturated carbocycles. The van der Waals surface area contributed by atoms with E-state index in [2.05, 4.69) is 10.6 Å². The largest absolute Gasteiger partial charge is 0.293 e. The lowest BCUT2D eigenvalue weighted by molar-refractivity contribution is 0.0357. The van der Waals surface area contributed by atoms with E-state index in [0.29, 0.717) is 23.0 Å². The van der Waals surface area contributed by atoms with Crippen LogP contribution in [0, 0.1) is 13.8 Å². The molecule has 1 amide bonds. The molecule has 0 unspecified atom stereocenters. The van der Waals surface area contributed by atoms with Crippen LogP contribution in [0.15, 0.2) is 48.5 Å². The minimum absolute atomic E-state index is 0.362. The van der Waals surface area contributed by atoms with Gasteiger partial charge < -0.3 is 0 Å². The van der Waals surface area contributed by atoms with Crippen molar-refractivity contribution in [2.24, 2.45) is 0 Å². The Morgan fingerprint density at radius 1 is 1.19 bits per heavy atom. The van der Waals surface area contributed by atoms with E-state index in [9.17, 15) is 4.79 Å². The summed E-state index contributed by atoms with van der Waals surface area (Å²) in [6.45, 7) is 6.16. The van der Waals surface area contributed by atoms with Gasteiger partial charge in [-0.1, -0.05) is 41.9 Å². The van der Waals surface area contributed by atoms with E-state index in [1.807, 2.05) is 50.2 Å². The zero-order valence-electron chi connectivity index (χ0n) is 14.9. The van der Waals surface area contributed by atoms with Gasteiger partial charge >= 0.3 is 0 Å². The van der Waals surface area contributed by atoms with Crippen molar-refractivity contribution in [1.29, 1.82) is 0 Å². The maximum absolute atomic E-state index is 12.6. The number of benzene rings is 2. The molecule has 0 aliphatic rings. The van der Waals surface area contributed by atoms with Crippen LogP contribution < -0.4 is 5.48 Å². The highest BCUT2D eigenvalue weighted by atomic mass is 35.5. The summed E-state index contributed by atoms with van der Waals surface area (Å²) in [6.07, 6.45) is 0. The van der Waals surface area contributed by atoms with E-state index in [1.165, 1.54) is 0 Å². The first-order chi connectivity index (χ1) is 12.5. The van der Waals surface area contributed by atoms with Crippen LogP contribution in [-0.4, -0.2) is 22.3 Å². The van der Waals surface area contributed by atoms with E-state index < -0.39 is 0 Å². The molecule has 0 spiro atoms. The Morgan fingerprint density at radius 2 is 1.96 bits per heavy atom. The molecular weight excluding hydrogens is 350 g/mol. The Labute approximate surface area is 157 Å². The van der Waals surface area contributed by atoms with Gasteiger partial charge in [-0.25, -0.2) is 10.2 Å². The molecule has 26 heavy (non-hydrogen) atoms. The standard InChI is InChI=1S/C20H20ClN3O2/c1-4-26-23-20(25)19-12-17(15-7-5-6-8-16(15)21)22-24(19)18-11-13(2)9-10-14(18)3/h5-12H,4H2,1-3H3,(H,23,25). The number of nitrogens with zero attached hydrogens (tertiary/aromatic N) is 2. The smallest absolute Gasteiger partial charge is 0.274 e. The Balaban J connectivity index is 2.16. The minimum atomic E-state index is -0.362. The van der Waals surface area contributed by atoms with Crippen molar-refractivity contribution in [3.05, 3.63) is 70.4 Å². The van der Waals surface area contributed by atoms with Gasteiger partial charge in [-0.15, -0.1) is 0 Å². The van der Waals surface area contributed by atoms with Crippen LogP contribution in [0.25, 0.3) is 16.9 Å². The van der Waals surface area contributed by atoms with Crippen molar-refractivity contribution in [2.45, 2.75) is 20.8 Å². The minimum Gasteiger partial charge on any atom is -0.274 e. The number of hydrogen-bond acceptors (Lipinski definition) is 3. The number of nitrogens with one attached hydrogen (secondary N) is 1. The zero-order valence-corrected chi connectivity index (χ0v) is 15.7. The molecule has 1 N–H and O–H groups in total.